The second kappa shape index (κ2) is 12.4. The fourth-order valence-electron chi connectivity index (χ4n) is 3.88. The number of aliphatic imine (C=N–C) groups is 1. The average Bonchev–Trinajstić information content (AvgIpc) is 3.41. The van der Waals surface area contributed by atoms with E-state index in [4.69, 9.17) is 9.72 Å². The van der Waals surface area contributed by atoms with Crippen LogP contribution in [0.4, 0.5) is 0 Å². The lowest BCUT2D eigenvalue weighted by molar-refractivity contribution is 0.0907. The van der Waals surface area contributed by atoms with Crippen molar-refractivity contribution in [1.82, 2.24) is 15.2 Å². The quantitative estimate of drug-likeness (QED) is 0.187. The molecule has 1 atom stereocenters. The summed E-state index contributed by atoms with van der Waals surface area (Å²) in [6.45, 7) is 4.45. The first-order chi connectivity index (χ1) is 14.8. The smallest absolute Gasteiger partial charge is 0.193 e. The number of ether oxygens (including phenoxy) is 1. The van der Waals surface area contributed by atoms with Gasteiger partial charge in [0.1, 0.15) is 0 Å². The molecule has 2 heterocycles. The Bertz CT molecular complexity index is 929. The molecule has 5 nitrogen and oxygen atoms in total. The Kier molecular flexibility index (Phi) is 9.54. The summed E-state index contributed by atoms with van der Waals surface area (Å²) in [6.07, 6.45) is 3.21. The molecule has 1 aliphatic rings. The van der Waals surface area contributed by atoms with Crippen LogP contribution in [0.15, 0.2) is 59.6 Å². The highest BCUT2D eigenvalue weighted by atomic mass is 127. The Balaban J connectivity index is 0.00000272. The maximum atomic E-state index is 5.95. The molecule has 31 heavy (non-hydrogen) atoms. The van der Waals surface area contributed by atoms with Gasteiger partial charge in [-0.05, 0) is 30.5 Å². The van der Waals surface area contributed by atoms with E-state index in [1.165, 1.54) is 15.3 Å². The highest BCUT2D eigenvalue weighted by molar-refractivity contribution is 14.0. The summed E-state index contributed by atoms with van der Waals surface area (Å²) in [5.74, 6) is 1.57. The third kappa shape index (κ3) is 6.89. The van der Waals surface area contributed by atoms with Crippen LogP contribution in [0.5, 0.6) is 0 Å². The summed E-state index contributed by atoms with van der Waals surface area (Å²) >= 11 is 1.80. The van der Waals surface area contributed by atoms with Crippen molar-refractivity contribution in [3.63, 3.8) is 0 Å². The first kappa shape index (κ1) is 23.9. The molecule has 1 unspecified atom stereocenters. The first-order valence-electron chi connectivity index (χ1n) is 10.7. The summed E-state index contributed by atoms with van der Waals surface area (Å²) in [4.78, 5) is 11.6. The van der Waals surface area contributed by atoms with Gasteiger partial charge < -0.3 is 15.0 Å². The Labute approximate surface area is 206 Å². The van der Waals surface area contributed by atoms with Gasteiger partial charge in [-0.2, -0.15) is 0 Å². The number of para-hydroxylation sites is 1. The van der Waals surface area contributed by atoms with Crippen LogP contribution in [0, 0.1) is 5.92 Å². The molecule has 1 aliphatic heterocycles. The molecule has 0 aliphatic carbocycles. The average molecular weight is 551 g/mol. The fraction of sp³-hybridized carbons (Fsp3) is 0.417. The van der Waals surface area contributed by atoms with Crippen LogP contribution in [0.3, 0.4) is 0 Å². The topological polar surface area (TPSA) is 49.8 Å². The molecule has 0 spiro atoms. The maximum absolute atomic E-state index is 5.95. The van der Waals surface area contributed by atoms with Crippen molar-refractivity contribution in [2.24, 2.45) is 10.9 Å². The van der Waals surface area contributed by atoms with Gasteiger partial charge >= 0.3 is 0 Å². The van der Waals surface area contributed by atoms with E-state index in [0.717, 1.165) is 57.0 Å². The lowest BCUT2D eigenvalue weighted by Gasteiger charge is -2.21. The molecule has 166 valence electrons. The molecule has 3 aromatic rings. The monoisotopic (exact) mass is 550 g/mol. The zero-order valence-electron chi connectivity index (χ0n) is 18.0. The number of rotatable bonds is 8. The van der Waals surface area contributed by atoms with Gasteiger partial charge in [0.2, 0.25) is 0 Å². The third-order valence-electron chi connectivity index (χ3n) is 5.45. The van der Waals surface area contributed by atoms with Crippen molar-refractivity contribution in [1.29, 1.82) is 0 Å². The van der Waals surface area contributed by atoms with E-state index >= 15 is 0 Å². The molecular formula is C24H31IN4OS. The second-order valence-electron chi connectivity index (χ2n) is 7.75. The number of aryl methyl sites for hydroxylation is 1. The molecule has 1 saturated heterocycles. The predicted molar refractivity (Wildman–Crippen MR) is 140 cm³/mol. The van der Waals surface area contributed by atoms with Crippen LogP contribution in [-0.2, 0) is 17.8 Å². The van der Waals surface area contributed by atoms with Gasteiger partial charge in [0.05, 0.1) is 28.4 Å². The van der Waals surface area contributed by atoms with Crippen LogP contribution in [0.25, 0.3) is 10.2 Å². The van der Waals surface area contributed by atoms with E-state index in [2.05, 4.69) is 57.7 Å². The number of aromatic nitrogens is 1. The molecule has 1 fully saturated rings. The molecule has 7 heteroatoms. The van der Waals surface area contributed by atoms with Crippen molar-refractivity contribution in [2.45, 2.75) is 25.9 Å². The number of hydrogen-bond donors (Lipinski definition) is 1. The van der Waals surface area contributed by atoms with Crippen molar-refractivity contribution >= 4 is 51.5 Å². The summed E-state index contributed by atoms with van der Waals surface area (Å²) in [7, 11) is 1.87. The minimum atomic E-state index is 0. The van der Waals surface area contributed by atoms with Crippen LogP contribution in [0.2, 0.25) is 0 Å². The standard InChI is InChI=1S/C24H30N4OS.HI/c1-25-24(26-14-7-12-23-27-21-10-5-6-11-22(21)30-23)28-15-13-20(16-28)18-29-17-19-8-3-2-4-9-19;/h2-6,8-11,20H,7,12-18H2,1H3,(H,25,26);1H. The summed E-state index contributed by atoms with van der Waals surface area (Å²) < 4.78 is 7.22. The fourth-order valence-corrected chi connectivity index (χ4v) is 4.89. The molecule has 0 bridgehead atoms. The summed E-state index contributed by atoms with van der Waals surface area (Å²) in [6, 6.07) is 18.7. The normalized spacial score (nSPS) is 16.5. The minimum Gasteiger partial charge on any atom is -0.376 e. The highest BCUT2D eigenvalue weighted by Crippen LogP contribution is 2.22. The summed E-state index contributed by atoms with van der Waals surface area (Å²) in [5, 5.41) is 4.74. The summed E-state index contributed by atoms with van der Waals surface area (Å²) in [5.41, 5.74) is 2.34. The minimum absolute atomic E-state index is 0. The molecular weight excluding hydrogens is 519 g/mol. The number of fused-ring (bicyclic) bond motifs is 1. The zero-order chi connectivity index (χ0) is 20.6. The lowest BCUT2D eigenvalue weighted by atomic mass is 10.1. The number of hydrogen-bond acceptors (Lipinski definition) is 4. The Morgan fingerprint density at radius 2 is 2.00 bits per heavy atom. The molecule has 0 amide bonds. The van der Waals surface area contributed by atoms with E-state index < -0.39 is 0 Å². The Morgan fingerprint density at radius 1 is 1.19 bits per heavy atom. The third-order valence-corrected chi connectivity index (χ3v) is 6.55. The lowest BCUT2D eigenvalue weighted by Crippen LogP contribution is -2.40. The molecule has 2 aromatic carbocycles. The first-order valence-corrected chi connectivity index (χ1v) is 11.5. The number of thiazole rings is 1. The largest absolute Gasteiger partial charge is 0.376 e. The van der Waals surface area contributed by atoms with Gasteiger partial charge in [-0.1, -0.05) is 42.5 Å². The molecule has 1 N–H and O–H groups in total. The van der Waals surface area contributed by atoms with E-state index in [0.29, 0.717) is 12.5 Å². The Morgan fingerprint density at radius 3 is 2.81 bits per heavy atom. The number of halogens is 1. The van der Waals surface area contributed by atoms with Gasteiger partial charge in [0.25, 0.3) is 0 Å². The zero-order valence-corrected chi connectivity index (χ0v) is 21.1. The van der Waals surface area contributed by atoms with Crippen LogP contribution < -0.4 is 5.32 Å². The van der Waals surface area contributed by atoms with Gasteiger partial charge in [-0.15, -0.1) is 35.3 Å². The highest BCUT2D eigenvalue weighted by Gasteiger charge is 2.24. The number of nitrogens with zero attached hydrogens (tertiary/aromatic N) is 3. The van der Waals surface area contributed by atoms with E-state index in [1.54, 1.807) is 11.3 Å². The molecule has 0 saturated carbocycles. The van der Waals surface area contributed by atoms with Crippen LogP contribution >= 0.6 is 35.3 Å². The van der Waals surface area contributed by atoms with Crippen LogP contribution in [0.1, 0.15) is 23.4 Å². The van der Waals surface area contributed by atoms with E-state index in [1.807, 2.05) is 19.2 Å². The molecule has 0 radical (unpaired) electrons. The SMILES string of the molecule is CN=C(NCCCc1nc2ccccc2s1)N1CCC(COCc2ccccc2)C1.I. The number of nitrogens with one attached hydrogen (secondary N) is 1. The van der Waals surface area contributed by atoms with Crippen molar-refractivity contribution in [3.05, 3.63) is 65.2 Å². The van der Waals surface area contributed by atoms with Crippen molar-refractivity contribution in [3.8, 4) is 0 Å². The van der Waals surface area contributed by atoms with E-state index in [-0.39, 0.29) is 24.0 Å². The number of guanidine groups is 1. The predicted octanol–water partition coefficient (Wildman–Crippen LogP) is 4.96. The maximum Gasteiger partial charge on any atom is 0.193 e. The molecule has 1 aromatic heterocycles. The van der Waals surface area contributed by atoms with Gasteiger partial charge in [-0.3, -0.25) is 4.99 Å². The van der Waals surface area contributed by atoms with Gasteiger partial charge in [-0.25, -0.2) is 4.98 Å². The van der Waals surface area contributed by atoms with Crippen molar-refractivity contribution < 1.29 is 4.74 Å². The Hall–Kier alpha value is -1.71. The number of likely N-dealkylation sites (tertiary alicyclic amines) is 1. The van der Waals surface area contributed by atoms with Crippen LogP contribution in [-0.4, -0.2) is 49.1 Å². The molecule has 4 rings (SSSR count). The number of benzene rings is 2. The second-order valence-corrected chi connectivity index (χ2v) is 8.87. The van der Waals surface area contributed by atoms with E-state index in [9.17, 15) is 0 Å². The van der Waals surface area contributed by atoms with Gasteiger partial charge in [0.15, 0.2) is 5.96 Å². The van der Waals surface area contributed by atoms with Crippen molar-refractivity contribution in [2.75, 3.05) is 33.3 Å². The van der Waals surface area contributed by atoms with Gasteiger partial charge in [0, 0.05) is 39.0 Å².